The van der Waals surface area contributed by atoms with Crippen LogP contribution in [-0.2, 0) is 11.3 Å². The molecule has 0 spiro atoms. The summed E-state index contributed by atoms with van der Waals surface area (Å²) in [6, 6.07) is 9.33. The number of piperidine rings is 1. The number of nitrogens with zero attached hydrogens (tertiary/aromatic N) is 2. The topological polar surface area (TPSA) is 87.3 Å². The Hall–Kier alpha value is -2.83. The molecule has 1 fully saturated rings. The Morgan fingerprint density at radius 3 is 2.93 bits per heavy atom. The van der Waals surface area contributed by atoms with E-state index in [-0.39, 0.29) is 17.4 Å². The van der Waals surface area contributed by atoms with Gasteiger partial charge in [-0.15, -0.1) is 0 Å². The van der Waals surface area contributed by atoms with Crippen molar-refractivity contribution in [3.8, 4) is 5.75 Å². The van der Waals surface area contributed by atoms with E-state index in [1.54, 1.807) is 6.20 Å². The number of hydrogen-bond donors (Lipinski definition) is 2. The minimum Gasteiger partial charge on any atom is -0.494 e. The highest BCUT2D eigenvalue weighted by atomic mass is 16.5. The third-order valence-electron chi connectivity index (χ3n) is 4.67. The van der Waals surface area contributed by atoms with Crippen LogP contribution in [0.3, 0.4) is 0 Å². The Morgan fingerprint density at radius 1 is 1.37 bits per heavy atom. The molecule has 0 saturated carbocycles. The molecule has 1 aliphatic rings. The minimum atomic E-state index is -0.231. The van der Waals surface area contributed by atoms with Crippen LogP contribution >= 0.6 is 0 Å². The van der Waals surface area contributed by atoms with Gasteiger partial charge in [-0.05, 0) is 37.0 Å². The number of H-pyrrole nitrogens is 1. The molecule has 1 atom stereocenters. The summed E-state index contributed by atoms with van der Waals surface area (Å²) in [4.78, 5) is 26.1. The third kappa shape index (κ3) is 5.32. The molecular weight excluding hydrogens is 344 g/mol. The van der Waals surface area contributed by atoms with Gasteiger partial charge in [0, 0.05) is 25.7 Å². The molecule has 7 heteroatoms. The predicted molar refractivity (Wildman–Crippen MR) is 104 cm³/mol. The van der Waals surface area contributed by atoms with Gasteiger partial charge >= 0.3 is 0 Å². The van der Waals surface area contributed by atoms with Gasteiger partial charge in [-0.25, -0.2) is 5.10 Å². The van der Waals surface area contributed by atoms with Gasteiger partial charge in [0.25, 0.3) is 5.56 Å². The van der Waals surface area contributed by atoms with Gasteiger partial charge in [-0.2, -0.15) is 5.10 Å². The largest absolute Gasteiger partial charge is 0.494 e. The molecular formula is C20H26N4O3. The van der Waals surface area contributed by atoms with Crippen LogP contribution in [0.15, 0.2) is 41.3 Å². The quantitative estimate of drug-likeness (QED) is 0.779. The zero-order valence-electron chi connectivity index (χ0n) is 15.6. The second-order valence-electron chi connectivity index (χ2n) is 6.80. The second kappa shape index (κ2) is 9.21. The fourth-order valence-corrected chi connectivity index (χ4v) is 3.22. The summed E-state index contributed by atoms with van der Waals surface area (Å²) in [5, 5.41) is 9.24. The molecule has 0 bridgehead atoms. The van der Waals surface area contributed by atoms with E-state index in [0.29, 0.717) is 19.7 Å². The molecule has 144 valence electrons. The molecule has 2 heterocycles. The summed E-state index contributed by atoms with van der Waals surface area (Å²) in [6.45, 7) is 4.70. The number of ether oxygens (including phenoxy) is 1. The van der Waals surface area contributed by atoms with E-state index in [1.807, 2.05) is 24.3 Å². The van der Waals surface area contributed by atoms with Gasteiger partial charge in [0.15, 0.2) is 0 Å². The molecule has 1 aliphatic heterocycles. The van der Waals surface area contributed by atoms with E-state index >= 15 is 0 Å². The number of hydrogen-bond acceptors (Lipinski definition) is 5. The molecule has 0 radical (unpaired) electrons. The maximum absolute atomic E-state index is 12.6. The van der Waals surface area contributed by atoms with E-state index in [0.717, 1.165) is 42.8 Å². The van der Waals surface area contributed by atoms with Crippen molar-refractivity contribution in [1.82, 2.24) is 15.5 Å². The lowest BCUT2D eigenvalue weighted by Crippen LogP contribution is -2.43. The second-order valence-corrected chi connectivity index (χ2v) is 6.80. The lowest BCUT2D eigenvalue weighted by molar-refractivity contribution is -0.125. The van der Waals surface area contributed by atoms with E-state index in [2.05, 4.69) is 27.3 Å². The number of nitrogens with one attached hydrogen (secondary N) is 2. The number of benzene rings is 1. The number of aromatic nitrogens is 2. The Labute approximate surface area is 158 Å². The molecule has 2 N–H and O–H groups in total. The van der Waals surface area contributed by atoms with Gasteiger partial charge in [0.2, 0.25) is 5.91 Å². The first-order valence-electron chi connectivity index (χ1n) is 9.45. The highest BCUT2D eigenvalue weighted by Gasteiger charge is 2.26. The maximum Gasteiger partial charge on any atom is 0.266 e. The fraction of sp³-hybridized carbons (Fsp3) is 0.450. The highest BCUT2D eigenvalue weighted by molar-refractivity contribution is 5.79. The molecule has 3 rings (SSSR count). The van der Waals surface area contributed by atoms with Gasteiger partial charge in [0.1, 0.15) is 5.75 Å². The number of amides is 1. The zero-order valence-corrected chi connectivity index (χ0v) is 15.6. The fourth-order valence-electron chi connectivity index (χ4n) is 3.22. The number of anilines is 1. The van der Waals surface area contributed by atoms with Crippen LogP contribution in [0, 0.1) is 5.92 Å². The van der Waals surface area contributed by atoms with Crippen LogP contribution in [0.4, 0.5) is 5.69 Å². The van der Waals surface area contributed by atoms with Crippen LogP contribution in [0.2, 0.25) is 0 Å². The molecule has 0 unspecified atom stereocenters. The SMILES string of the molecule is CCCOc1ccc(CNC(=O)[C@H]2CCCN(c3cn[nH]c(=O)c3)C2)cc1. The monoisotopic (exact) mass is 370 g/mol. The summed E-state index contributed by atoms with van der Waals surface area (Å²) in [7, 11) is 0. The Bertz CT molecular complexity index is 803. The molecule has 1 aromatic heterocycles. The van der Waals surface area contributed by atoms with E-state index in [1.165, 1.54) is 6.07 Å². The Kier molecular flexibility index (Phi) is 6.46. The molecule has 27 heavy (non-hydrogen) atoms. The third-order valence-corrected chi connectivity index (χ3v) is 4.67. The first kappa shape index (κ1) is 18.9. The smallest absolute Gasteiger partial charge is 0.266 e. The molecule has 0 aliphatic carbocycles. The van der Waals surface area contributed by atoms with E-state index in [9.17, 15) is 9.59 Å². The van der Waals surface area contributed by atoms with Crippen LogP contribution in [0.1, 0.15) is 31.7 Å². The lowest BCUT2D eigenvalue weighted by atomic mass is 9.96. The molecule has 7 nitrogen and oxygen atoms in total. The zero-order chi connectivity index (χ0) is 19.1. The summed E-state index contributed by atoms with van der Waals surface area (Å²) in [5.74, 6) is 0.801. The van der Waals surface area contributed by atoms with Crippen LogP contribution in [-0.4, -0.2) is 35.8 Å². The van der Waals surface area contributed by atoms with Crippen LogP contribution < -0.4 is 20.5 Å². The van der Waals surface area contributed by atoms with Crippen molar-refractivity contribution in [2.75, 3.05) is 24.6 Å². The normalized spacial score (nSPS) is 16.8. The molecule has 1 amide bonds. The van der Waals surface area contributed by atoms with Crippen LogP contribution in [0.5, 0.6) is 5.75 Å². The first-order chi connectivity index (χ1) is 13.2. The van der Waals surface area contributed by atoms with Crippen molar-refractivity contribution >= 4 is 11.6 Å². The minimum absolute atomic E-state index is 0.0452. The van der Waals surface area contributed by atoms with Crippen LogP contribution in [0.25, 0.3) is 0 Å². The molecule has 1 aromatic carbocycles. The number of carbonyl (C=O) groups excluding carboxylic acids is 1. The number of carbonyl (C=O) groups is 1. The van der Waals surface area contributed by atoms with Gasteiger partial charge in [-0.3, -0.25) is 9.59 Å². The highest BCUT2D eigenvalue weighted by Crippen LogP contribution is 2.22. The van der Waals surface area contributed by atoms with Crippen molar-refractivity contribution in [3.05, 3.63) is 52.4 Å². The van der Waals surface area contributed by atoms with E-state index < -0.39 is 0 Å². The van der Waals surface area contributed by atoms with Gasteiger partial charge in [0.05, 0.1) is 24.4 Å². The average molecular weight is 370 g/mol. The summed E-state index contributed by atoms with van der Waals surface area (Å²) in [5.41, 5.74) is 1.57. The standard InChI is InChI=1S/C20H26N4O3/c1-2-10-27-18-7-5-15(6-8-18)12-21-20(26)16-4-3-9-24(14-16)17-11-19(25)23-22-13-17/h5-8,11,13,16H,2-4,9-10,12,14H2,1H3,(H,21,26)(H,23,25)/t16-/m0/s1. The maximum atomic E-state index is 12.6. The molecule has 2 aromatic rings. The van der Waals surface area contributed by atoms with Gasteiger partial charge in [-0.1, -0.05) is 19.1 Å². The predicted octanol–water partition coefficient (Wildman–Crippen LogP) is 2.09. The number of rotatable bonds is 7. The van der Waals surface area contributed by atoms with Crippen molar-refractivity contribution < 1.29 is 9.53 Å². The molecule has 1 saturated heterocycles. The summed E-state index contributed by atoms with van der Waals surface area (Å²) >= 11 is 0. The lowest BCUT2D eigenvalue weighted by Gasteiger charge is -2.33. The summed E-state index contributed by atoms with van der Waals surface area (Å²) < 4.78 is 5.57. The Morgan fingerprint density at radius 2 is 2.19 bits per heavy atom. The van der Waals surface area contributed by atoms with Gasteiger partial charge < -0.3 is 15.0 Å². The van der Waals surface area contributed by atoms with Crippen molar-refractivity contribution in [2.45, 2.75) is 32.7 Å². The first-order valence-corrected chi connectivity index (χ1v) is 9.45. The summed E-state index contributed by atoms with van der Waals surface area (Å²) in [6.07, 6.45) is 4.37. The van der Waals surface area contributed by atoms with Crippen molar-refractivity contribution in [1.29, 1.82) is 0 Å². The van der Waals surface area contributed by atoms with E-state index in [4.69, 9.17) is 4.74 Å². The van der Waals surface area contributed by atoms with Crippen molar-refractivity contribution in [3.63, 3.8) is 0 Å². The van der Waals surface area contributed by atoms with Crippen molar-refractivity contribution in [2.24, 2.45) is 5.92 Å². The number of aromatic amines is 1. The average Bonchev–Trinajstić information content (AvgIpc) is 2.71. The Balaban J connectivity index is 1.52.